The number of aryl methyl sites for hydroxylation is 1. The Morgan fingerprint density at radius 1 is 1.00 bits per heavy atom. The van der Waals surface area contributed by atoms with Gasteiger partial charge in [-0.2, -0.15) is 0 Å². The number of anilines is 3. The van der Waals surface area contributed by atoms with Crippen LogP contribution in [0, 0.1) is 0 Å². The van der Waals surface area contributed by atoms with Crippen molar-refractivity contribution in [2.75, 3.05) is 21.7 Å². The van der Waals surface area contributed by atoms with Gasteiger partial charge in [0.05, 0.1) is 18.5 Å². The van der Waals surface area contributed by atoms with Gasteiger partial charge in [0.15, 0.2) is 0 Å². The fourth-order valence-electron chi connectivity index (χ4n) is 4.63. The van der Waals surface area contributed by atoms with Gasteiger partial charge in [-0.3, -0.25) is 14.4 Å². The molecular weight excluding hydrogens is 430 g/mol. The van der Waals surface area contributed by atoms with Crippen molar-refractivity contribution in [3.63, 3.8) is 0 Å². The van der Waals surface area contributed by atoms with Crippen LogP contribution in [0.3, 0.4) is 0 Å². The minimum absolute atomic E-state index is 0.00677. The third-order valence-corrected chi connectivity index (χ3v) is 6.30. The van der Waals surface area contributed by atoms with Gasteiger partial charge in [-0.25, -0.2) is 4.90 Å². The van der Waals surface area contributed by atoms with Gasteiger partial charge in [0.1, 0.15) is 11.8 Å². The number of rotatable bonds is 5. The van der Waals surface area contributed by atoms with Gasteiger partial charge in [-0.1, -0.05) is 36.4 Å². The molecule has 1 fully saturated rings. The van der Waals surface area contributed by atoms with Crippen molar-refractivity contribution in [1.82, 2.24) is 0 Å². The number of aromatic hydroxyl groups is 1. The van der Waals surface area contributed by atoms with Gasteiger partial charge in [0.25, 0.3) is 5.91 Å². The molecule has 3 aromatic rings. The smallest absolute Gasteiger partial charge is 0.256 e. The molecule has 3 aromatic carbocycles. The molecular formula is C27H25N3O4. The zero-order valence-corrected chi connectivity index (χ0v) is 18.6. The molecule has 7 nitrogen and oxygen atoms in total. The summed E-state index contributed by atoms with van der Waals surface area (Å²) in [5.74, 6) is -0.630. The average Bonchev–Trinajstić information content (AvgIpc) is 3.12. The van der Waals surface area contributed by atoms with Crippen molar-refractivity contribution >= 4 is 34.8 Å². The number of para-hydroxylation sites is 1. The fraction of sp³-hybridized carbons (Fsp3) is 0.222. The standard InChI is InChI=1S/C27H25N3O4/c31-22-8-3-7-21(16-22)30-26(33)17-23(27(30)34)28-20-12-10-18(11-13-20)15-25(32)29-14-4-6-19-5-1-2-9-24(19)29/h1-3,5,7-13,16,23,28,31H,4,6,14-15,17H2. The third-order valence-electron chi connectivity index (χ3n) is 6.30. The van der Waals surface area contributed by atoms with Crippen LogP contribution >= 0.6 is 0 Å². The number of hydrogen-bond donors (Lipinski definition) is 2. The Morgan fingerprint density at radius 2 is 1.79 bits per heavy atom. The highest BCUT2D eigenvalue weighted by Crippen LogP contribution is 2.29. The van der Waals surface area contributed by atoms with Crippen LogP contribution in [0.25, 0.3) is 0 Å². The first-order valence-electron chi connectivity index (χ1n) is 11.4. The van der Waals surface area contributed by atoms with Crippen molar-refractivity contribution in [3.8, 4) is 5.75 Å². The number of carbonyl (C=O) groups is 3. The normalized spacial score (nSPS) is 17.6. The quantitative estimate of drug-likeness (QED) is 0.573. The van der Waals surface area contributed by atoms with Crippen LogP contribution in [0.2, 0.25) is 0 Å². The molecule has 2 aliphatic heterocycles. The fourth-order valence-corrected chi connectivity index (χ4v) is 4.63. The van der Waals surface area contributed by atoms with E-state index in [9.17, 15) is 19.5 Å². The lowest BCUT2D eigenvalue weighted by Gasteiger charge is -2.29. The Balaban J connectivity index is 1.23. The lowest BCUT2D eigenvalue weighted by atomic mass is 10.0. The lowest BCUT2D eigenvalue weighted by molar-refractivity contribution is -0.121. The molecule has 0 bridgehead atoms. The molecule has 1 unspecified atom stereocenters. The molecule has 0 aromatic heterocycles. The van der Waals surface area contributed by atoms with Crippen LogP contribution in [0.4, 0.5) is 17.1 Å². The third kappa shape index (κ3) is 4.24. The molecule has 2 N–H and O–H groups in total. The van der Waals surface area contributed by atoms with E-state index in [1.807, 2.05) is 47.4 Å². The number of phenols is 1. The number of nitrogens with zero attached hydrogens (tertiary/aromatic N) is 2. The van der Waals surface area contributed by atoms with E-state index in [0.29, 0.717) is 17.8 Å². The molecule has 34 heavy (non-hydrogen) atoms. The van der Waals surface area contributed by atoms with Crippen molar-refractivity contribution in [1.29, 1.82) is 0 Å². The number of amides is 3. The predicted octanol–water partition coefficient (Wildman–Crippen LogP) is 3.66. The zero-order valence-electron chi connectivity index (χ0n) is 18.6. The van der Waals surface area contributed by atoms with Gasteiger partial charge in [0, 0.05) is 24.0 Å². The van der Waals surface area contributed by atoms with Crippen molar-refractivity contribution < 1.29 is 19.5 Å². The van der Waals surface area contributed by atoms with Gasteiger partial charge in [-0.15, -0.1) is 0 Å². The average molecular weight is 456 g/mol. The molecule has 1 saturated heterocycles. The molecule has 5 rings (SSSR count). The van der Waals surface area contributed by atoms with E-state index in [1.165, 1.54) is 17.7 Å². The van der Waals surface area contributed by atoms with E-state index in [2.05, 4.69) is 11.4 Å². The Kier molecular flexibility index (Phi) is 5.76. The highest BCUT2D eigenvalue weighted by Gasteiger charge is 2.39. The second-order valence-corrected chi connectivity index (χ2v) is 8.64. The van der Waals surface area contributed by atoms with Gasteiger partial charge >= 0.3 is 0 Å². The van der Waals surface area contributed by atoms with Gasteiger partial charge < -0.3 is 15.3 Å². The van der Waals surface area contributed by atoms with Crippen LogP contribution < -0.4 is 15.1 Å². The van der Waals surface area contributed by atoms with Crippen LogP contribution in [-0.2, 0) is 27.2 Å². The number of imide groups is 1. The van der Waals surface area contributed by atoms with E-state index < -0.39 is 6.04 Å². The van der Waals surface area contributed by atoms with Crippen LogP contribution in [-0.4, -0.2) is 35.4 Å². The first-order chi connectivity index (χ1) is 16.5. The second kappa shape index (κ2) is 9.02. The highest BCUT2D eigenvalue weighted by atomic mass is 16.3. The minimum Gasteiger partial charge on any atom is -0.508 e. The largest absolute Gasteiger partial charge is 0.508 e. The Morgan fingerprint density at radius 3 is 2.59 bits per heavy atom. The number of nitrogens with one attached hydrogen (secondary N) is 1. The van der Waals surface area contributed by atoms with Crippen LogP contribution in [0.15, 0.2) is 72.8 Å². The summed E-state index contributed by atoms with van der Waals surface area (Å²) in [6.45, 7) is 0.725. The summed E-state index contributed by atoms with van der Waals surface area (Å²) < 4.78 is 0. The maximum Gasteiger partial charge on any atom is 0.256 e. The molecule has 2 aliphatic rings. The summed E-state index contributed by atoms with van der Waals surface area (Å²) in [5.41, 5.74) is 4.14. The summed E-state index contributed by atoms with van der Waals surface area (Å²) in [5, 5.41) is 12.8. The lowest BCUT2D eigenvalue weighted by Crippen LogP contribution is -2.36. The first-order valence-corrected chi connectivity index (χ1v) is 11.4. The summed E-state index contributed by atoms with van der Waals surface area (Å²) in [4.78, 5) is 41.2. The predicted molar refractivity (Wildman–Crippen MR) is 130 cm³/mol. The summed E-state index contributed by atoms with van der Waals surface area (Å²) in [6.07, 6.45) is 2.27. The maximum absolute atomic E-state index is 13.0. The number of benzene rings is 3. The molecule has 2 heterocycles. The monoisotopic (exact) mass is 455 g/mol. The topological polar surface area (TPSA) is 90.0 Å². The number of phenolic OH excluding ortho intramolecular Hbond substituents is 1. The molecule has 0 aliphatic carbocycles. The second-order valence-electron chi connectivity index (χ2n) is 8.64. The summed E-state index contributed by atoms with van der Waals surface area (Å²) in [6, 6.07) is 20.8. The molecule has 3 amide bonds. The van der Waals surface area contributed by atoms with E-state index in [0.717, 1.165) is 35.5 Å². The number of fused-ring (bicyclic) bond motifs is 1. The van der Waals surface area contributed by atoms with E-state index in [-0.39, 0.29) is 29.9 Å². The number of hydrogen-bond acceptors (Lipinski definition) is 5. The summed E-state index contributed by atoms with van der Waals surface area (Å²) >= 11 is 0. The first kappa shape index (κ1) is 21.7. The SMILES string of the molecule is O=C(Cc1ccc(NC2CC(=O)N(c3cccc(O)c3)C2=O)cc1)N1CCCc2ccccc21. The maximum atomic E-state index is 13.0. The van der Waals surface area contributed by atoms with Crippen molar-refractivity contribution in [2.24, 2.45) is 0 Å². The highest BCUT2D eigenvalue weighted by molar-refractivity contribution is 6.23. The Labute approximate surface area is 197 Å². The Hall–Kier alpha value is -4.13. The molecule has 0 spiro atoms. The van der Waals surface area contributed by atoms with Gasteiger partial charge in [0.2, 0.25) is 11.8 Å². The van der Waals surface area contributed by atoms with Crippen LogP contribution in [0.1, 0.15) is 24.0 Å². The molecule has 0 saturated carbocycles. The number of carbonyl (C=O) groups excluding carboxylic acids is 3. The molecule has 0 radical (unpaired) electrons. The van der Waals surface area contributed by atoms with E-state index in [1.54, 1.807) is 12.1 Å². The van der Waals surface area contributed by atoms with Gasteiger partial charge in [-0.05, 0) is 54.3 Å². The molecule has 1 atom stereocenters. The minimum atomic E-state index is -0.688. The summed E-state index contributed by atoms with van der Waals surface area (Å²) in [7, 11) is 0. The van der Waals surface area contributed by atoms with E-state index in [4.69, 9.17) is 0 Å². The van der Waals surface area contributed by atoms with Crippen LogP contribution in [0.5, 0.6) is 5.75 Å². The molecule has 7 heteroatoms. The van der Waals surface area contributed by atoms with Crippen molar-refractivity contribution in [2.45, 2.75) is 31.7 Å². The molecule has 172 valence electrons. The Bertz CT molecular complexity index is 1250. The van der Waals surface area contributed by atoms with Crippen molar-refractivity contribution in [3.05, 3.63) is 83.9 Å². The van der Waals surface area contributed by atoms with E-state index >= 15 is 0 Å². The zero-order chi connectivity index (χ0) is 23.7.